The highest BCUT2D eigenvalue weighted by molar-refractivity contribution is 5.93. The molecule has 4 nitrogen and oxygen atoms in total. The van der Waals surface area contributed by atoms with Gasteiger partial charge in [0.1, 0.15) is 5.75 Å². The lowest BCUT2D eigenvalue weighted by atomic mass is 9.99. The van der Waals surface area contributed by atoms with Crippen molar-refractivity contribution in [1.82, 2.24) is 5.32 Å². The molecule has 1 aromatic carbocycles. The number of likely N-dealkylation sites (N-methyl/N-ethyl adjacent to an activating group) is 1. The Bertz CT molecular complexity index is 414. The standard InChI is InChI=1S/C13H20N2O2/c1-8(2)10-6-11(9(3)5-12(10)16)15-13(17)7-14-4/h5-6,8,14,16H,7H2,1-4H3,(H,15,17). The first-order valence-corrected chi connectivity index (χ1v) is 5.73. The van der Waals surface area contributed by atoms with Gasteiger partial charge in [0.25, 0.3) is 0 Å². The molecule has 0 radical (unpaired) electrons. The van der Waals surface area contributed by atoms with Crippen molar-refractivity contribution < 1.29 is 9.90 Å². The van der Waals surface area contributed by atoms with E-state index in [1.165, 1.54) is 0 Å². The summed E-state index contributed by atoms with van der Waals surface area (Å²) in [6.07, 6.45) is 0. The number of carbonyl (C=O) groups is 1. The third-order valence-electron chi connectivity index (χ3n) is 2.61. The number of benzene rings is 1. The third kappa shape index (κ3) is 3.46. The first-order chi connectivity index (χ1) is 7.95. The lowest BCUT2D eigenvalue weighted by Gasteiger charge is -2.14. The first-order valence-electron chi connectivity index (χ1n) is 5.73. The zero-order valence-corrected chi connectivity index (χ0v) is 10.8. The average Bonchev–Trinajstić information content (AvgIpc) is 2.21. The summed E-state index contributed by atoms with van der Waals surface area (Å²) in [6, 6.07) is 3.52. The van der Waals surface area contributed by atoms with Crippen LogP contribution < -0.4 is 10.6 Å². The van der Waals surface area contributed by atoms with Gasteiger partial charge in [0.15, 0.2) is 0 Å². The van der Waals surface area contributed by atoms with E-state index in [-0.39, 0.29) is 24.1 Å². The molecule has 0 aliphatic carbocycles. The van der Waals surface area contributed by atoms with Crippen LogP contribution in [0.4, 0.5) is 5.69 Å². The molecule has 0 heterocycles. The van der Waals surface area contributed by atoms with Crippen molar-refractivity contribution in [1.29, 1.82) is 0 Å². The predicted octanol–water partition coefficient (Wildman–Crippen LogP) is 1.98. The van der Waals surface area contributed by atoms with Gasteiger partial charge in [-0.3, -0.25) is 4.79 Å². The van der Waals surface area contributed by atoms with Crippen LogP contribution in [0, 0.1) is 6.92 Å². The van der Waals surface area contributed by atoms with Gasteiger partial charge in [-0.1, -0.05) is 13.8 Å². The molecule has 1 rings (SSSR count). The number of phenolic OH excluding ortho intramolecular Hbond substituents is 1. The zero-order valence-electron chi connectivity index (χ0n) is 10.8. The minimum absolute atomic E-state index is 0.0870. The summed E-state index contributed by atoms with van der Waals surface area (Å²) in [5.74, 6) is 0.413. The molecule has 0 aliphatic heterocycles. The van der Waals surface area contributed by atoms with Gasteiger partial charge >= 0.3 is 0 Å². The van der Waals surface area contributed by atoms with E-state index in [2.05, 4.69) is 10.6 Å². The maximum Gasteiger partial charge on any atom is 0.238 e. The van der Waals surface area contributed by atoms with Crippen LogP contribution in [0.15, 0.2) is 12.1 Å². The molecule has 0 atom stereocenters. The zero-order chi connectivity index (χ0) is 13.0. The molecule has 4 heteroatoms. The van der Waals surface area contributed by atoms with E-state index < -0.39 is 0 Å². The van der Waals surface area contributed by atoms with Crippen LogP contribution in [0.2, 0.25) is 0 Å². The molecule has 0 aromatic heterocycles. The highest BCUT2D eigenvalue weighted by atomic mass is 16.3. The van der Waals surface area contributed by atoms with Crippen LogP contribution in [0.1, 0.15) is 30.9 Å². The third-order valence-corrected chi connectivity index (χ3v) is 2.61. The smallest absolute Gasteiger partial charge is 0.238 e. The van der Waals surface area contributed by atoms with Gasteiger partial charge in [-0.15, -0.1) is 0 Å². The summed E-state index contributed by atoms with van der Waals surface area (Å²) in [7, 11) is 1.73. The lowest BCUT2D eigenvalue weighted by molar-refractivity contribution is -0.115. The minimum Gasteiger partial charge on any atom is -0.508 e. The number of hydrogen-bond donors (Lipinski definition) is 3. The largest absolute Gasteiger partial charge is 0.508 e. The molecule has 17 heavy (non-hydrogen) atoms. The van der Waals surface area contributed by atoms with Crippen molar-refractivity contribution in [3.63, 3.8) is 0 Å². The molecule has 1 amide bonds. The van der Waals surface area contributed by atoms with Gasteiger partial charge in [-0.05, 0) is 43.1 Å². The van der Waals surface area contributed by atoms with Crippen molar-refractivity contribution in [2.75, 3.05) is 18.9 Å². The maximum atomic E-state index is 11.5. The topological polar surface area (TPSA) is 61.4 Å². The predicted molar refractivity (Wildman–Crippen MR) is 69.5 cm³/mol. The normalized spacial score (nSPS) is 10.6. The molecule has 0 spiro atoms. The fourth-order valence-electron chi connectivity index (χ4n) is 1.66. The lowest BCUT2D eigenvalue weighted by Crippen LogP contribution is -2.25. The second-order valence-corrected chi connectivity index (χ2v) is 4.46. The molecule has 1 aromatic rings. The van der Waals surface area contributed by atoms with Gasteiger partial charge in [-0.25, -0.2) is 0 Å². The van der Waals surface area contributed by atoms with Crippen LogP contribution in [0.25, 0.3) is 0 Å². The molecule has 3 N–H and O–H groups in total. The summed E-state index contributed by atoms with van der Waals surface area (Å²) < 4.78 is 0. The number of hydrogen-bond acceptors (Lipinski definition) is 3. The number of nitrogens with one attached hydrogen (secondary N) is 2. The van der Waals surface area contributed by atoms with Crippen LogP contribution in [0.5, 0.6) is 5.75 Å². The van der Waals surface area contributed by atoms with E-state index >= 15 is 0 Å². The average molecular weight is 236 g/mol. The Labute approximate surface area is 102 Å². The van der Waals surface area contributed by atoms with Gasteiger partial charge < -0.3 is 15.7 Å². The molecule has 0 saturated heterocycles. The number of aryl methyl sites for hydroxylation is 1. The van der Waals surface area contributed by atoms with E-state index in [1.54, 1.807) is 13.1 Å². The van der Waals surface area contributed by atoms with Gasteiger partial charge in [0.05, 0.1) is 6.54 Å². The van der Waals surface area contributed by atoms with Gasteiger partial charge in [-0.2, -0.15) is 0 Å². The van der Waals surface area contributed by atoms with Crippen LogP contribution in [0.3, 0.4) is 0 Å². The summed E-state index contributed by atoms with van der Waals surface area (Å²) in [6.45, 7) is 6.14. The van der Waals surface area contributed by atoms with E-state index in [0.717, 1.165) is 16.8 Å². The molecule has 0 aliphatic rings. The Morgan fingerprint density at radius 3 is 2.59 bits per heavy atom. The second-order valence-electron chi connectivity index (χ2n) is 4.46. The number of rotatable bonds is 4. The Balaban J connectivity index is 2.99. The van der Waals surface area contributed by atoms with Crippen molar-refractivity contribution in [3.05, 3.63) is 23.3 Å². The molecule has 94 valence electrons. The minimum atomic E-state index is -0.0870. The van der Waals surface area contributed by atoms with Crippen molar-refractivity contribution in [3.8, 4) is 5.75 Å². The van der Waals surface area contributed by atoms with Crippen LogP contribution in [-0.4, -0.2) is 24.6 Å². The van der Waals surface area contributed by atoms with Crippen molar-refractivity contribution in [2.24, 2.45) is 0 Å². The molecule has 0 saturated carbocycles. The monoisotopic (exact) mass is 236 g/mol. The van der Waals surface area contributed by atoms with E-state index in [9.17, 15) is 9.90 Å². The summed E-state index contributed by atoms with van der Waals surface area (Å²) in [5.41, 5.74) is 2.46. The number of aromatic hydroxyl groups is 1. The Morgan fingerprint density at radius 1 is 1.41 bits per heavy atom. The fourth-order valence-corrected chi connectivity index (χ4v) is 1.66. The highest BCUT2D eigenvalue weighted by Crippen LogP contribution is 2.31. The summed E-state index contributed by atoms with van der Waals surface area (Å²) in [4.78, 5) is 11.5. The molecule has 0 fully saturated rings. The quantitative estimate of drug-likeness (QED) is 0.700. The van der Waals surface area contributed by atoms with E-state index in [0.29, 0.717) is 0 Å². The molecular formula is C13H20N2O2. The SMILES string of the molecule is CNCC(=O)Nc1cc(C(C)C)c(O)cc1C. The van der Waals surface area contributed by atoms with Gasteiger partial charge in [0, 0.05) is 5.69 Å². The van der Waals surface area contributed by atoms with Crippen molar-refractivity contribution in [2.45, 2.75) is 26.7 Å². The highest BCUT2D eigenvalue weighted by Gasteiger charge is 2.11. The second kappa shape index (κ2) is 5.68. The first kappa shape index (κ1) is 13.5. The van der Waals surface area contributed by atoms with Crippen molar-refractivity contribution >= 4 is 11.6 Å². The Hall–Kier alpha value is -1.55. The van der Waals surface area contributed by atoms with Crippen LogP contribution in [-0.2, 0) is 4.79 Å². The Kier molecular flexibility index (Phi) is 4.52. The van der Waals surface area contributed by atoms with Crippen LogP contribution >= 0.6 is 0 Å². The number of carbonyl (C=O) groups excluding carboxylic acids is 1. The molecular weight excluding hydrogens is 216 g/mol. The number of anilines is 1. The fraction of sp³-hybridized carbons (Fsp3) is 0.462. The summed E-state index contributed by atoms with van der Waals surface area (Å²) in [5, 5.41) is 15.4. The number of phenols is 1. The van der Waals surface area contributed by atoms with E-state index in [1.807, 2.05) is 26.8 Å². The Morgan fingerprint density at radius 2 is 2.06 bits per heavy atom. The molecule has 0 unspecified atom stereocenters. The molecule has 0 bridgehead atoms. The van der Waals surface area contributed by atoms with E-state index in [4.69, 9.17) is 0 Å². The number of amides is 1. The maximum absolute atomic E-state index is 11.5. The summed E-state index contributed by atoms with van der Waals surface area (Å²) >= 11 is 0. The van der Waals surface area contributed by atoms with Gasteiger partial charge in [0.2, 0.25) is 5.91 Å².